The van der Waals surface area contributed by atoms with Crippen molar-refractivity contribution in [2.75, 3.05) is 11.9 Å². The number of halogens is 4. The average Bonchev–Trinajstić information content (AvgIpc) is 2.77. The molecule has 1 saturated carbocycles. The molecule has 1 aliphatic carbocycles. The van der Waals surface area contributed by atoms with Crippen LogP contribution < -0.4 is 4.90 Å². The predicted molar refractivity (Wildman–Crippen MR) is 65.2 cm³/mol. The molecule has 0 aromatic carbocycles. The third-order valence-electron chi connectivity index (χ3n) is 3.10. The molecule has 0 spiro atoms. The second-order valence-corrected chi connectivity index (χ2v) is 5.88. The van der Waals surface area contributed by atoms with E-state index < -0.39 is 11.2 Å². The van der Waals surface area contributed by atoms with Crippen molar-refractivity contribution >= 4 is 28.1 Å². The van der Waals surface area contributed by atoms with Gasteiger partial charge < -0.3 is 4.90 Å². The van der Waals surface area contributed by atoms with Crippen LogP contribution in [0.4, 0.5) is 18.3 Å². The van der Waals surface area contributed by atoms with Crippen LogP contribution in [-0.2, 0) is 6.18 Å². The fourth-order valence-corrected chi connectivity index (χ4v) is 3.30. The smallest absolute Gasteiger partial charge is 0.345 e. The van der Waals surface area contributed by atoms with Crippen LogP contribution in [0.1, 0.15) is 30.7 Å². The van der Waals surface area contributed by atoms with Crippen molar-refractivity contribution in [3.05, 3.63) is 5.01 Å². The van der Waals surface area contributed by atoms with E-state index >= 15 is 0 Å². The molecule has 1 aliphatic rings. The summed E-state index contributed by atoms with van der Waals surface area (Å²) in [6.07, 6.45) is -0.539. The van der Waals surface area contributed by atoms with E-state index in [-0.39, 0.29) is 16.6 Å². The van der Waals surface area contributed by atoms with E-state index in [0.717, 1.165) is 25.7 Å². The quantitative estimate of drug-likeness (QED) is 0.782. The summed E-state index contributed by atoms with van der Waals surface area (Å²) in [5, 5.41) is 6.12. The number of hydrogen-bond acceptors (Lipinski definition) is 4. The Morgan fingerprint density at radius 3 is 2.50 bits per heavy atom. The van der Waals surface area contributed by atoms with Crippen molar-refractivity contribution in [1.29, 1.82) is 0 Å². The summed E-state index contributed by atoms with van der Waals surface area (Å²) in [4.78, 5) is 1.73. The van der Waals surface area contributed by atoms with Crippen LogP contribution >= 0.6 is 22.9 Å². The zero-order valence-corrected chi connectivity index (χ0v) is 11.3. The summed E-state index contributed by atoms with van der Waals surface area (Å²) in [5.41, 5.74) is 0. The van der Waals surface area contributed by atoms with E-state index in [4.69, 9.17) is 11.6 Å². The minimum absolute atomic E-state index is 0.0365. The maximum absolute atomic E-state index is 12.4. The summed E-state index contributed by atoms with van der Waals surface area (Å²) in [5.74, 6) is 0. The molecular formula is C10H13ClF3N3S. The fourth-order valence-electron chi connectivity index (χ4n) is 2.12. The van der Waals surface area contributed by atoms with Gasteiger partial charge in [-0.25, -0.2) is 0 Å². The molecule has 0 amide bonds. The lowest BCUT2D eigenvalue weighted by molar-refractivity contribution is -0.138. The van der Waals surface area contributed by atoms with Crippen LogP contribution in [0.2, 0.25) is 0 Å². The summed E-state index contributed by atoms with van der Waals surface area (Å²) in [7, 11) is 1.73. The Kier molecular flexibility index (Phi) is 4.01. The summed E-state index contributed by atoms with van der Waals surface area (Å²) in [6, 6.07) is 0.0365. The second-order valence-electron chi connectivity index (χ2n) is 4.37. The Balaban J connectivity index is 2.13. The first-order valence-electron chi connectivity index (χ1n) is 5.67. The summed E-state index contributed by atoms with van der Waals surface area (Å²) < 4.78 is 37.3. The third-order valence-corrected chi connectivity index (χ3v) is 4.67. The van der Waals surface area contributed by atoms with Gasteiger partial charge in [-0.05, 0) is 12.8 Å². The average molecular weight is 300 g/mol. The molecule has 2 unspecified atom stereocenters. The fraction of sp³-hybridized carbons (Fsp3) is 0.800. The molecule has 102 valence electrons. The Hall–Kier alpha value is -0.560. The molecular weight excluding hydrogens is 287 g/mol. The van der Waals surface area contributed by atoms with Crippen LogP contribution in [0.15, 0.2) is 0 Å². The molecule has 1 heterocycles. The lowest BCUT2D eigenvalue weighted by atomic mass is 9.94. The standard InChI is InChI=1S/C10H13ClF3N3S/c1-17(7-5-3-2-4-6(7)11)9-16-15-8(18-9)10(12,13)14/h6-7H,2-5H2,1H3. The Labute approximate surface area is 112 Å². The largest absolute Gasteiger partial charge is 0.445 e. The van der Waals surface area contributed by atoms with E-state index in [1.54, 1.807) is 11.9 Å². The molecule has 8 heteroatoms. The van der Waals surface area contributed by atoms with Crippen LogP contribution in [0, 0.1) is 0 Å². The number of nitrogens with zero attached hydrogens (tertiary/aromatic N) is 3. The van der Waals surface area contributed by atoms with Gasteiger partial charge in [-0.15, -0.1) is 21.8 Å². The molecule has 2 atom stereocenters. The molecule has 0 saturated heterocycles. The molecule has 0 radical (unpaired) electrons. The first kappa shape index (κ1) is 13.9. The Morgan fingerprint density at radius 1 is 1.28 bits per heavy atom. The summed E-state index contributed by atoms with van der Waals surface area (Å²) in [6.45, 7) is 0. The molecule has 0 N–H and O–H groups in total. The topological polar surface area (TPSA) is 29.0 Å². The number of hydrogen-bond donors (Lipinski definition) is 0. The highest BCUT2D eigenvalue weighted by molar-refractivity contribution is 7.15. The van der Waals surface area contributed by atoms with E-state index in [2.05, 4.69) is 10.2 Å². The van der Waals surface area contributed by atoms with E-state index in [1.807, 2.05) is 0 Å². The van der Waals surface area contributed by atoms with Gasteiger partial charge in [-0.1, -0.05) is 24.2 Å². The van der Waals surface area contributed by atoms with Crippen molar-refractivity contribution in [1.82, 2.24) is 10.2 Å². The van der Waals surface area contributed by atoms with Crippen molar-refractivity contribution in [2.45, 2.75) is 43.3 Å². The minimum atomic E-state index is -4.43. The predicted octanol–water partition coefficient (Wildman–Crippen LogP) is 3.54. The van der Waals surface area contributed by atoms with Gasteiger partial charge in [0.2, 0.25) is 10.1 Å². The van der Waals surface area contributed by atoms with Gasteiger partial charge in [0.15, 0.2) is 0 Å². The van der Waals surface area contributed by atoms with Gasteiger partial charge in [0.25, 0.3) is 0 Å². The van der Waals surface area contributed by atoms with Crippen LogP contribution in [0.25, 0.3) is 0 Å². The summed E-state index contributed by atoms with van der Waals surface area (Å²) >= 11 is 6.78. The van der Waals surface area contributed by atoms with Crippen LogP contribution in [0.5, 0.6) is 0 Å². The lowest BCUT2D eigenvalue weighted by Gasteiger charge is -2.34. The molecule has 0 bridgehead atoms. The van der Waals surface area contributed by atoms with Gasteiger partial charge in [-0.3, -0.25) is 0 Å². The Morgan fingerprint density at radius 2 is 1.94 bits per heavy atom. The minimum Gasteiger partial charge on any atom is -0.345 e. The number of alkyl halides is 4. The monoisotopic (exact) mass is 299 g/mol. The molecule has 1 fully saturated rings. The normalized spacial score (nSPS) is 25.2. The molecule has 3 nitrogen and oxygen atoms in total. The van der Waals surface area contributed by atoms with Crippen molar-refractivity contribution < 1.29 is 13.2 Å². The highest BCUT2D eigenvalue weighted by Crippen LogP contribution is 2.36. The second kappa shape index (κ2) is 5.21. The number of anilines is 1. The van der Waals surface area contributed by atoms with E-state index in [1.165, 1.54) is 0 Å². The van der Waals surface area contributed by atoms with E-state index in [0.29, 0.717) is 11.3 Å². The highest BCUT2D eigenvalue weighted by atomic mass is 35.5. The SMILES string of the molecule is CN(c1nnc(C(F)(F)F)s1)C1CCCCC1Cl. The first-order valence-corrected chi connectivity index (χ1v) is 6.92. The van der Waals surface area contributed by atoms with Crippen LogP contribution in [-0.4, -0.2) is 28.7 Å². The number of aromatic nitrogens is 2. The highest BCUT2D eigenvalue weighted by Gasteiger charge is 2.37. The molecule has 0 aliphatic heterocycles. The van der Waals surface area contributed by atoms with Crippen LogP contribution in [0.3, 0.4) is 0 Å². The van der Waals surface area contributed by atoms with Gasteiger partial charge in [0.05, 0.1) is 5.38 Å². The molecule has 1 aromatic rings. The first-order chi connectivity index (χ1) is 8.39. The molecule has 18 heavy (non-hydrogen) atoms. The maximum atomic E-state index is 12.4. The lowest BCUT2D eigenvalue weighted by Crippen LogP contribution is -2.40. The molecule has 1 aromatic heterocycles. The van der Waals surface area contributed by atoms with Gasteiger partial charge >= 0.3 is 6.18 Å². The van der Waals surface area contributed by atoms with Crippen molar-refractivity contribution in [3.63, 3.8) is 0 Å². The van der Waals surface area contributed by atoms with Crippen molar-refractivity contribution in [3.8, 4) is 0 Å². The zero-order valence-electron chi connectivity index (χ0n) is 9.74. The molecule has 2 rings (SSSR count). The van der Waals surface area contributed by atoms with Gasteiger partial charge in [0.1, 0.15) is 0 Å². The number of rotatable bonds is 2. The Bertz CT molecular complexity index is 409. The van der Waals surface area contributed by atoms with Crippen molar-refractivity contribution in [2.24, 2.45) is 0 Å². The van der Waals surface area contributed by atoms with Gasteiger partial charge in [0, 0.05) is 13.1 Å². The maximum Gasteiger partial charge on any atom is 0.445 e. The van der Waals surface area contributed by atoms with E-state index in [9.17, 15) is 13.2 Å². The van der Waals surface area contributed by atoms with Gasteiger partial charge in [-0.2, -0.15) is 13.2 Å². The zero-order chi connectivity index (χ0) is 13.3. The third kappa shape index (κ3) is 2.88.